The van der Waals surface area contributed by atoms with E-state index in [1.54, 1.807) is 0 Å². The highest BCUT2D eigenvalue weighted by Crippen LogP contribution is 2.14. The molecule has 0 aromatic rings. The first-order valence-corrected chi connectivity index (χ1v) is 6.92. The number of nitrogens with one attached hydrogen (secondary N) is 1. The van der Waals surface area contributed by atoms with Crippen molar-refractivity contribution in [3.63, 3.8) is 0 Å². The lowest BCUT2D eigenvalue weighted by molar-refractivity contribution is -0.137. The number of carboxylic acid groups (broad SMARTS) is 1. The Balaban J connectivity index is 2.28. The van der Waals surface area contributed by atoms with E-state index >= 15 is 0 Å². The second kappa shape index (κ2) is 7.99. The Morgan fingerprint density at radius 3 is 2.79 bits per heavy atom. The van der Waals surface area contributed by atoms with Crippen molar-refractivity contribution in [2.45, 2.75) is 51.7 Å². The van der Waals surface area contributed by atoms with Crippen LogP contribution in [0.3, 0.4) is 0 Å². The lowest BCUT2D eigenvalue weighted by Gasteiger charge is -2.38. The fourth-order valence-corrected chi connectivity index (χ4v) is 2.13. The molecule has 1 fully saturated rings. The number of rotatable bonds is 6. The third-order valence-electron chi connectivity index (χ3n) is 3.29. The number of carbonyl (C=O) groups excluding carboxylic acids is 1. The first kappa shape index (κ1) is 15.8. The smallest absolute Gasteiger partial charge is 0.317 e. The van der Waals surface area contributed by atoms with Crippen LogP contribution < -0.4 is 5.32 Å². The van der Waals surface area contributed by atoms with Crippen molar-refractivity contribution in [1.29, 1.82) is 0 Å². The van der Waals surface area contributed by atoms with Crippen molar-refractivity contribution in [2.24, 2.45) is 0 Å². The van der Waals surface area contributed by atoms with Crippen molar-refractivity contribution in [1.82, 2.24) is 10.2 Å². The molecule has 1 saturated heterocycles. The van der Waals surface area contributed by atoms with Crippen molar-refractivity contribution in [3.05, 3.63) is 0 Å². The van der Waals surface area contributed by atoms with Gasteiger partial charge in [0.25, 0.3) is 0 Å². The number of ether oxygens (including phenoxy) is 1. The summed E-state index contributed by atoms with van der Waals surface area (Å²) >= 11 is 0. The van der Waals surface area contributed by atoms with E-state index in [1.807, 2.05) is 18.7 Å². The van der Waals surface area contributed by atoms with E-state index in [0.717, 1.165) is 6.42 Å². The van der Waals surface area contributed by atoms with Gasteiger partial charge in [-0.2, -0.15) is 0 Å². The Kier molecular flexibility index (Phi) is 6.62. The summed E-state index contributed by atoms with van der Waals surface area (Å²) in [5, 5.41) is 11.4. The van der Waals surface area contributed by atoms with Crippen LogP contribution in [0, 0.1) is 0 Å². The number of urea groups is 1. The Labute approximate surface area is 114 Å². The van der Waals surface area contributed by atoms with Crippen LogP contribution in [-0.4, -0.2) is 53.8 Å². The quantitative estimate of drug-likeness (QED) is 0.717. The molecule has 0 aliphatic carbocycles. The third-order valence-corrected chi connectivity index (χ3v) is 3.29. The molecule has 19 heavy (non-hydrogen) atoms. The second-order valence-corrected chi connectivity index (χ2v) is 4.94. The van der Waals surface area contributed by atoms with Gasteiger partial charge in [0.2, 0.25) is 0 Å². The highest BCUT2D eigenvalue weighted by Gasteiger charge is 2.28. The van der Waals surface area contributed by atoms with Crippen LogP contribution in [0.25, 0.3) is 0 Å². The van der Waals surface area contributed by atoms with E-state index in [9.17, 15) is 9.59 Å². The number of amides is 2. The summed E-state index contributed by atoms with van der Waals surface area (Å²) in [6.07, 6.45) is 2.38. The molecule has 0 aromatic heterocycles. The van der Waals surface area contributed by atoms with E-state index in [1.165, 1.54) is 0 Å². The molecule has 1 aliphatic rings. The first-order valence-electron chi connectivity index (χ1n) is 6.92. The van der Waals surface area contributed by atoms with Crippen LogP contribution in [0.1, 0.15) is 39.5 Å². The van der Waals surface area contributed by atoms with Crippen LogP contribution in [0.5, 0.6) is 0 Å². The van der Waals surface area contributed by atoms with Crippen LogP contribution in [0.2, 0.25) is 0 Å². The standard InChI is InChI=1S/C13H24N2O4/c1-3-11-9-19-10(2)8-15(11)13(18)14-7-5-4-6-12(16)17/h10-11H,3-9H2,1-2H3,(H,14,18)(H,16,17). The topological polar surface area (TPSA) is 78.9 Å². The summed E-state index contributed by atoms with van der Waals surface area (Å²) in [4.78, 5) is 24.2. The predicted octanol–water partition coefficient (Wildman–Crippen LogP) is 1.45. The van der Waals surface area contributed by atoms with Gasteiger partial charge >= 0.3 is 12.0 Å². The summed E-state index contributed by atoms with van der Waals surface area (Å²) in [5.41, 5.74) is 0. The zero-order valence-electron chi connectivity index (χ0n) is 11.7. The van der Waals surface area contributed by atoms with E-state index in [0.29, 0.717) is 32.5 Å². The van der Waals surface area contributed by atoms with E-state index in [4.69, 9.17) is 9.84 Å². The molecule has 0 radical (unpaired) electrons. The molecule has 1 aliphatic heterocycles. The molecule has 6 heteroatoms. The molecule has 6 nitrogen and oxygen atoms in total. The van der Waals surface area contributed by atoms with Gasteiger partial charge in [-0.15, -0.1) is 0 Å². The average molecular weight is 272 g/mol. The maximum absolute atomic E-state index is 12.1. The van der Waals surface area contributed by atoms with Crippen molar-refractivity contribution in [2.75, 3.05) is 19.7 Å². The van der Waals surface area contributed by atoms with Crippen LogP contribution >= 0.6 is 0 Å². The minimum Gasteiger partial charge on any atom is -0.481 e. The number of aliphatic carboxylic acids is 1. The highest BCUT2D eigenvalue weighted by molar-refractivity contribution is 5.74. The van der Waals surface area contributed by atoms with Gasteiger partial charge in [0.05, 0.1) is 18.8 Å². The van der Waals surface area contributed by atoms with Gasteiger partial charge in [0.1, 0.15) is 0 Å². The Morgan fingerprint density at radius 1 is 1.42 bits per heavy atom. The molecule has 2 amide bonds. The molecule has 110 valence electrons. The summed E-state index contributed by atoms with van der Waals surface area (Å²) in [5.74, 6) is -0.792. The molecule has 2 atom stereocenters. The monoisotopic (exact) mass is 272 g/mol. The lowest BCUT2D eigenvalue weighted by atomic mass is 10.1. The van der Waals surface area contributed by atoms with Crippen LogP contribution in [0.4, 0.5) is 4.79 Å². The summed E-state index contributed by atoms with van der Waals surface area (Å²) in [6.45, 7) is 5.72. The molecular formula is C13H24N2O4. The molecule has 2 unspecified atom stereocenters. The maximum atomic E-state index is 12.1. The van der Waals surface area contributed by atoms with Crippen LogP contribution in [0.15, 0.2) is 0 Å². The van der Waals surface area contributed by atoms with E-state index in [-0.39, 0.29) is 24.6 Å². The Hall–Kier alpha value is -1.30. The summed E-state index contributed by atoms with van der Waals surface area (Å²) in [7, 11) is 0. The molecule has 2 N–H and O–H groups in total. The van der Waals surface area contributed by atoms with Gasteiger partial charge in [-0.1, -0.05) is 6.92 Å². The number of morpholine rings is 1. The number of carbonyl (C=O) groups is 2. The second-order valence-electron chi connectivity index (χ2n) is 4.94. The maximum Gasteiger partial charge on any atom is 0.317 e. The zero-order valence-corrected chi connectivity index (χ0v) is 11.7. The molecule has 1 heterocycles. The van der Waals surface area contributed by atoms with Gasteiger partial charge < -0.3 is 20.1 Å². The number of unbranched alkanes of at least 4 members (excludes halogenated alkanes) is 1. The van der Waals surface area contributed by atoms with Gasteiger partial charge in [0, 0.05) is 19.5 Å². The molecule has 1 rings (SSSR count). The largest absolute Gasteiger partial charge is 0.481 e. The predicted molar refractivity (Wildman–Crippen MR) is 71.1 cm³/mol. The highest BCUT2D eigenvalue weighted by atomic mass is 16.5. The zero-order chi connectivity index (χ0) is 14.3. The van der Waals surface area contributed by atoms with Gasteiger partial charge in [-0.25, -0.2) is 4.79 Å². The Bertz CT molecular complexity index is 309. The number of nitrogens with zero attached hydrogens (tertiary/aromatic N) is 1. The van der Waals surface area contributed by atoms with Crippen molar-refractivity contribution in [3.8, 4) is 0 Å². The van der Waals surface area contributed by atoms with Crippen molar-refractivity contribution < 1.29 is 19.4 Å². The molecule has 0 spiro atoms. The SMILES string of the molecule is CCC1COC(C)CN1C(=O)NCCCCC(=O)O. The molecule has 0 aromatic carbocycles. The van der Waals surface area contributed by atoms with E-state index in [2.05, 4.69) is 5.32 Å². The van der Waals surface area contributed by atoms with Crippen LogP contribution in [-0.2, 0) is 9.53 Å². The van der Waals surface area contributed by atoms with Gasteiger partial charge in [-0.3, -0.25) is 4.79 Å². The first-order chi connectivity index (χ1) is 9.04. The minimum atomic E-state index is -0.792. The lowest BCUT2D eigenvalue weighted by Crippen LogP contribution is -2.54. The fraction of sp³-hybridized carbons (Fsp3) is 0.846. The van der Waals surface area contributed by atoms with Gasteiger partial charge in [0.15, 0.2) is 0 Å². The minimum absolute atomic E-state index is 0.0700. The fourth-order valence-electron chi connectivity index (χ4n) is 2.13. The number of carboxylic acids is 1. The van der Waals surface area contributed by atoms with Crippen molar-refractivity contribution >= 4 is 12.0 Å². The average Bonchev–Trinajstić information content (AvgIpc) is 2.37. The Morgan fingerprint density at radius 2 is 2.16 bits per heavy atom. The number of hydrogen-bond acceptors (Lipinski definition) is 3. The normalized spacial score (nSPS) is 23.2. The summed E-state index contributed by atoms with van der Waals surface area (Å²) < 4.78 is 5.54. The molecule has 0 saturated carbocycles. The molecule has 0 bridgehead atoms. The number of hydrogen-bond donors (Lipinski definition) is 2. The van der Waals surface area contributed by atoms with E-state index < -0.39 is 5.97 Å². The molecular weight excluding hydrogens is 248 g/mol. The van der Waals surface area contributed by atoms with Gasteiger partial charge in [-0.05, 0) is 26.2 Å². The third kappa shape index (κ3) is 5.46. The summed E-state index contributed by atoms with van der Waals surface area (Å²) in [6, 6.07) is 0.0625.